The zero-order valence-electron chi connectivity index (χ0n) is 19.1. The van der Waals surface area contributed by atoms with E-state index in [1.165, 1.54) is 51.4 Å². The Hall–Kier alpha value is -1.06. The van der Waals surface area contributed by atoms with E-state index in [-0.39, 0.29) is 24.1 Å². The molecule has 2 atom stereocenters. The van der Waals surface area contributed by atoms with Crippen LogP contribution in [0.5, 0.6) is 0 Å². The summed E-state index contributed by atoms with van der Waals surface area (Å²) in [5, 5.41) is 0. The molecule has 0 aliphatic rings. The van der Waals surface area contributed by atoms with E-state index in [1.54, 1.807) is 0 Å². The van der Waals surface area contributed by atoms with Crippen LogP contribution in [-0.2, 0) is 19.1 Å². The Morgan fingerprint density at radius 1 is 0.571 bits per heavy atom. The van der Waals surface area contributed by atoms with E-state index < -0.39 is 0 Å². The van der Waals surface area contributed by atoms with Crippen LogP contribution < -0.4 is 0 Å². The first-order chi connectivity index (χ1) is 13.5. The third kappa shape index (κ3) is 18.3. The Bertz CT molecular complexity index is 345. The summed E-state index contributed by atoms with van der Waals surface area (Å²) in [6, 6.07) is 0. The molecule has 0 aromatic rings. The summed E-state index contributed by atoms with van der Waals surface area (Å²) in [5.41, 5.74) is 0. The molecule has 0 bridgehead atoms. The maximum absolute atomic E-state index is 11.9. The fourth-order valence-electron chi connectivity index (χ4n) is 3.29. The van der Waals surface area contributed by atoms with Gasteiger partial charge in [-0.2, -0.15) is 0 Å². The predicted molar refractivity (Wildman–Crippen MR) is 116 cm³/mol. The predicted octanol–water partition coefficient (Wildman–Crippen LogP) is 7.13. The number of carbonyl (C=O) groups excluding carboxylic acids is 2. The summed E-state index contributed by atoms with van der Waals surface area (Å²) < 4.78 is 10.9. The van der Waals surface area contributed by atoms with Crippen LogP contribution in [0.25, 0.3) is 0 Å². The zero-order chi connectivity index (χ0) is 21.0. The van der Waals surface area contributed by atoms with Crippen molar-refractivity contribution in [2.24, 2.45) is 0 Å². The van der Waals surface area contributed by atoms with E-state index in [0.717, 1.165) is 25.7 Å². The molecule has 0 amide bonds. The molecule has 0 saturated carbocycles. The zero-order valence-corrected chi connectivity index (χ0v) is 19.1. The molecule has 0 aromatic heterocycles. The van der Waals surface area contributed by atoms with Crippen LogP contribution in [0, 0.1) is 0 Å². The Labute approximate surface area is 174 Å². The number of carbonyl (C=O) groups is 2. The van der Waals surface area contributed by atoms with Crippen LogP contribution in [0.1, 0.15) is 130 Å². The van der Waals surface area contributed by atoms with E-state index in [4.69, 9.17) is 9.47 Å². The number of rotatable bonds is 19. The number of hydrogen-bond acceptors (Lipinski definition) is 4. The molecule has 0 spiro atoms. The summed E-state index contributed by atoms with van der Waals surface area (Å²) in [5.74, 6) is -0.287. The maximum atomic E-state index is 11.9. The van der Waals surface area contributed by atoms with Crippen molar-refractivity contribution < 1.29 is 19.1 Å². The highest BCUT2D eigenvalue weighted by Crippen LogP contribution is 2.12. The lowest BCUT2D eigenvalue weighted by Gasteiger charge is -2.14. The van der Waals surface area contributed by atoms with E-state index in [1.807, 2.05) is 13.8 Å². The first-order valence-electron chi connectivity index (χ1n) is 11.9. The van der Waals surface area contributed by atoms with Crippen molar-refractivity contribution in [1.29, 1.82) is 0 Å². The van der Waals surface area contributed by atoms with Gasteiger partial charge >= 0.3 is 11.9 Å². The van der Waals surface area contributed by atoms with Gasteiger partial charge in [0.15, 0.2) is 0 Å². The molecule has 0 N–H and O–H groups in total. The first-order valence-corrected chi connectivity index (χ1v) is 11.9. The SMILES string of the molecule is CCCCCCCC(C)OC(=O)CCCCC(=O)OC(C)CCCCCCC. The molecule has 0 fully saturated rings. The first kappa shape index (κ1) is 26.9. The Kier molecular flexibility index (Phi) is 18.5. The van der Waals surface area contributed by atoms with E-state index in [2.05, 4.69) is 13.8 Å². The second-order valence-corrected chi connectivity index (χ2v) is 8.21. The quantitative estimate of drug-likeness (QED) is 0.171. The van der Waals surface area contributed by atoms with Gasteiger partial charge in [0.05, 0.1) is 12.2 Å². The molecule has 2 unspecified atom stereocenters. The van der Waals surface area contributed by atoms with Crippen LogP contribution >= 0.6 is 0 Å². The Morgan fingerprint density at radius 2 is 0.929 bits per heavy atom. The normalized spacial score (nSPS) is 13.1. The topological polar surface area (TPSA) is 52.6 Å². The van der Waals surface area contributed by atoms with E-state index in [9.17, 15) is 9.59 Å². The number of esters is 2. The average molecular weight is 399 g/mol. The van der Waals surface area contributed by atoms with Gasteiger partial charge in [-0.25, -0.2) is 0 Å². The third-order valence-electron chi connectivity index (χ3n) is 5.11. The standard InChI is InChI=1S/C24H46O4/c1-5-7-9-11-13-17-21(3)27-23(25)19-15-16-20-24(26)28-22(4)18-14-12-10-8-6-2/h21-22H,5-20H2,1-4H3. The lowest BCUT2D eigenvalue weighted by atomic mass is 10.1. The highest BCUT2D eigenvalue weighted by molar-refractivity contribution is 5.70. The molecular weight excluding hydrogens is 352 g/mol. The highest BCUT2D eigenvalue weighted by atomic mass is 16.5. The molecule has 0 aromatic carbocycles. The molecule has 0 heterocycles. The van der Waals surface area contributed by atoms with Crippen LogP contribution in [0.2, 0.25) is 0 Å². The second-order valence-electron chi connectivity index (χ2n) is 8.21. The smallest absolute Gasteiger partial charge is 0.306 e. The van der Waals surface area contributed by atoms with Gasteiger partial charge in [-0.1, -0.05) is 65.2 Å². The minimum atomic E-state index is -0.144. The van der Waals surface area contributed by atoms with Crippen LogP contribution in [0.3, 0.4) is 0 Å². The van der Waals surface area contributed by atoms with Gasteiger partial charge in [-0.15, -0.1) is 0 Å². The van der Waals surface area contributed by atoms with Gasteiger partial charge in [-0.3, -0.25) is 9.59 Å². The molecule has 4 nitrogen and oxygen atoms in total. The van der Waals surface area contributed by atoms with Gasteiger partial charge < -0.3 is 9.47 Å². The monoisotopic (exact) mass is 398 g/mol. The van der Waals surface area contributed by atoms with Crippen molar-refractivity contribution in [3.63, 3.8) is 0 Å². The van der Waals surface area contributed by atoms with E-state index in [0.29, 0.717) is 25.7 Å². The molecule has 4 heteroatoms. The van der Waals surface area contributed by atoms with Crippen molar-refractivity contribution in [2.45, 2.75) is 143 Å². The van der Waals surface area contributed by atoms with Crippen molar-refractivity contribution in [3.8, 4) is 0 Å². The summed E-state index contributed by atoms with van der Waals surface area (Å²) >= 11 is 0. The van der Waals surface area contributed by atoms with Gasteiger partial charge in [-0.05, 0) is 52.4 Å². The molecule has 28 heavy (non-hydrogen) atoms. The van der Waals surface area contributed by atoms with Crippen LogP contribution in [0.15, 0.2) is 0 Å². The van der Waals surface area contributed by atoms with E-state index >= 15 is 0 Å². The van der Waals surface area contributed by atoms with Crippen molar-refractivity contribution in [3.05, 3.63) is 0 Å². The lowest BCUT2D eigenvalue weighted by Crippen LogP contribution is -2.16. The van der Waals surface area contributed by atoms with Gasteiger partial charge in [0.1, 0.15) is 0 Å². The Morgan fingerprint density at radius 3 is 1.29 bits per heavy atom. The molecule has 0 aliphatic carbocycles. The third-order valence-corrected chi connectivity index (χ3v) is 5.11. The average Bonchev–Trinajstić information content (AvgIpc) is 2.65. The molecule has 0 aliphatic heterocycles. The lowest BCUT2D eigenvalue weighted by molar-refractivity contribution is -0.151. The molecular formula is C24H46O4. The summed E-state index contributed by atoms with van der Waals surface area (Å²) in [4.78, 5) is 23.7. The fourth-order valence-corrected chi connectivity index (χ4v) is 3.29. The minimum Gasteiger partial charge on any atom is -0.463 e. The van der Waals surface area contributed by atoms with Crippen molar-refractivity contribution >= 4 is 11.9 Å². The van der Waals surface area contributed by atoms with Gasteiger partial charge in [0.2, 0.25) is 0 Å². The van der Waals surface area contributed by atoms with Crippen LogP contribution in [-0.4, -0.2) is 24.1 Å². The molecule has 0 saturated heterocycles. The molecule has 0 rings (SSSR count). The van der Waals surface area contributed by atoms with Gasteiger partial charge in [0, 0.05) is 12.8 Å². The van der Waals surface area contributed by atoms with Gasteiger partial charge in [0.25, 0.3) is 0 Å². The Balaban J connectivity index is 3.60. The summed E-state index contributed by atoms with van der Waals surface area (Å²) in [6.07, 6.45) is 16.3. The maximum Gasteiger partial charge on any atom is 0.306 e. The summed E-state index contributed by atoms with van der Waals surface area (Å²) in [7, 11) is 0. The summed E-state index contributed by atoms with van der Waals surface area (Å²) in [6.45, 7) is 8.36. The number of ether oxygens (including phenoxy) is 2. The number of unbranched alkanes of at least 4 members (excludes halogenated alkanes) is 9. The largest absolute Gasteiger partial charge is 0.463 e. The highest BCUT2D eigenvalue weighted by Gasteiger charge is 2.12. The van der Waals surface area contributed by atoms with Crippen molar-refractivity contribution in [2.75, 3.05) is 0 Å². The second kappa shape index (κ2) is 19.3. The fraction of sp³-hybridized carbons (Fsp3) is 0.917. The molecule has 0 radical (unpaired) electrons. The van der Waals surface area contributed by atoms with Crippen molar-refractivity contribution in [1.82, 2.24) is 0 Å². The number of hydrogen-bond donors (Lipinski definition) is 0. The molecule has 166 valence electrons. The van der Waals surface area contributed by atoms with Crippen LogP contribution in [0.4, 0.5) is 0 Å². The minimum absolute atomic E-state index is 0.00253.